The summed E-state index contributed by atoms with van der Waals surface area (Å²) in [6.45, 7) is 3.94. The van der Waals surface area contributed by atoms with Gasteiger partial charge < -0.3 is 14.4 Å². The van der Waals surface area contributed by atoms with Crippen molar-refractivity contribution in [3.8, 4) is 5.75 Å². The Labute approximate surface area is 129 Å². The molecule has 0 saturated heterocycles. The molecule has 0 spiro atoms. The molecule has 116 valence electrons. The van der Waals surface area contributed by atoms with Crippen molar-refractivity contribution in [2.45, 2.75) is 26.3 Å². The zero-order chi connectivity index (χ0) is 15.8. The van der Waals surface area contributed by atoms with Gasteiger partial charge in [0.25, 0.3) is 5.91 Å². The van der Waals surface area contributed by atoms with E-state index in [-0.39, 0.29) is 30.9 Å². The van der Waals surface area contributed by atoms with Crippen molar-refractivity contribution < 1.29 is 19.1 Å². The largest absolute Gasteiger partial charge is 0.482 e. The fourth-order valence-corrected chi connectivity index (χ4v) is 1.96. The third-order valence-electron chi connectivity index (χ3n) is 2.92. The number of methoxy groups -OCH3 is 1. The summed E-state index contributed by atoms with van der Waals surface area (Å²) in [6.07, 6.45) is 0.159. The first kappa shape index (κ1) is 17.3. The Kier molecular flexibility index (Phi) is 7.02. The molecule has 0 bridgehead atoms. The second-order valence-electron chi connectivity index (χ2n) is 4.73. The number of amides is 1. The Hall–Kier alpha value is -1.75. The summed E-state index contributed by atoms with van der Waals surface area (Å²) in [5, 5.41) is 0.455. The summed E-state index contributed by atoms with van der Waals surface area (Å²) >= 11 is 5.96. The molecule has 1 rings (SSSR count). The van der Waals surface area contributed by atoms with E-state index in [0.717, 1.165) is 0 Å². The first-order valence-electron chi connectivity index (χ1n) is 6.69. The highest BCUT2D eigenvalue weighted by Crippen LogP contribution is 2.23. The molecule has 0 aliphatic heterocycles. The number of carbonyl (C=O) groups excluding carboxylic acids is 2. The SMILES string of the molecule is COC(=O)CCN(C(=O)COc1ccccc1Cl)C(C)C. The number of carbonyl (C=O) groups is 2. The van der Waals surface area contributed by atoms with Crippen LogP contribution in [0.3, 0.4) is 0 Å². The number of esters is 1. The highest BCUT2D eigenvalue weighted by molar-refractivity contribution is 6.32. The molecule has 1 aromatic rings. The van der Waals surface area contributed by atoms with Crippen molar-refractivity contribution in [1.29, 1.82) is 0 Å². The molecule has 6 heteroatoms. The van der Waals surface area contributed by atoms with Gasteiger partial charge in [-0.1, -0.05) is 23.7 Å². The molecule has 0 radical (unpaired) electrons. The Morgan fingerprint density at radius 2 is 1.95 bits per heavy atom. The normalized spacial score (nSPS) is 10.3. The van der Waals surface area contributed by atoms with Crippen molar-refractivity contribution in [3.05, 3.63) is 29.3 Å². The Bertz CT molecular complexity index is 490. The van der Waals surface area contributed by atoms with E-state index in [4.69, 9.17) is 16.3 Å². The molecule has 0 atom stereocenters. The lowest BCUT2D eigenvalue weighted by Crippen LogP contribution is -2.41. The van der Waals surface area contributed by atoms with E-state index in [9.17, 15) is 9.59 Å². The molecule has 0 saturated carbocycles. The van der Waals surface area contributed by atoms with Gasteiger partial charge in [0.05, 0.1) is 18.6 Å². The van der Waals surface area contributed by atoms with Crippen LogP contribution in [0.1, 0.15) is 20.3 Å². The van der Waals surface area contributed by atoms with E-state index in [1.165, 1.54) is 7.11 Å². The van der Waals surface area contributed by atoms with Crippen LogP contribution in [0.25, 0.3) is 0 Å². The van der Waals surface area contributed by atoms with Crippen LogP contribution in [-0.2, 0) is 14.3 Å². The average Bonchev–Trinajstić information content (AvgIpc) is 2.45. The monoisotopic (exact) mass is 313 g/mol. The number of hydrogen-bond acceptors (Lipinski definition) is 4. The predicted octanol–water partition coefficient (Wildman–Crippen LogP) is 2.52. The van der Waals surface area contributed by atoms with Crippen LogP contribution < -0.4 is 4.74 Å². The van der Waals surface area contributed by atoms with E-state index in [2.05, 4.69) is 4.74 Å². The second-order valence-corrected chi connectivity index (χ2v) is 5.13. The molecule has 0 fully saturated rings. The molecule has 0 N–H and O–H groups in total. The molecule has 0 unspecified atom stereocenters. The van der Waals surface area contributed by atoms with Gasteiger partial charge in [-0.3, -0.25) is 9.59 Å². The van der Waals surface area contributed by atoms with Crippen molar-refractivity contribution in [1.82, 2.24) is 4.90 Å². The molecule has 0 aliphatic rings. The van der Waals surface area contributed by atoms with Crippen molar-refractivity contribution in [2.75, 3.05) is 20.3 Å². The van der Waals surface area contributed by atoms with Crippen LogP contribution >= 0.6 is 11.6 Å². The summed E-state index contributed by atoms with van der Waals surface area (Å²) in [6, 6.07) is 6.93. The second kappa shape index (κ2) is 8.52. The summed E-state index contributed by atoms with van der Waals surface area (Å²) in [5.74, 6) is -0.0847. The first-order chi connectivity index (χ1) is 9.95. The van der Waals surface area contributed by atoms with Gasteiger partial charge in [-0.2, -0.15) is 0 Å². The third kappa shape index (κ3) is 5.63. The minimum absolute atomic E-state index is 0.0306. The lowest BCUT2D eigenvalue weighted by molar-refractivity contribution is -0.142. The Balaban J connectivity index is 2.57. The molecule has 0 heterocycles. The number of hydrogen-bond donors (Lipinski definition) is 0. The molecule has 1 amide bonds. The molecular weight excluding hydrogens is 294 g/mol. The quantitative estimate of drug-likeness (QED) is 0.726. The Morgan fingerprint density at radius 1 is 1.29 bits per heavy atom. The maximum absolute atomic E-state index is 12.2. The van der Waals surface area contributed by atoms with Crippen LogP contribution in [0, 0.1) is 0 Å². The summed E-state index contributed by atoms with van der Waals surface area (Å²) in [4.78, 5) is 24.9. The maximum atomic E-state index is 12.2. The summed E-state index contributed by atoms with van der Waals surface area (Å²) < 4.78 is 10.0. The van der Waals surface area contributed by atoms with Crippen molar-refractivity contribution in [2.24, 2.45) is 0 Å². The zero-order valence-electron chi connectivity index (χ0n) is 12.5. The maximum Gasteiger partial charge on any atom is 0.307 e. The molecule has 1 aromatic carbocycles. The van der Waals surface area contributed by atoms with Gasteiger partial charge in [0, 0.05) is 12.6 Å². The van der Waals surface area contributed by atoms with Gasteiger partial charge in [0.2, 0.25) is 0 Å². The van der Waals surface area contributed by atoms with Gasteiger partial charge in [-0.05, 0) is 26.0 Å². The minimum Gasteiger partial charge on any atom is -0.482 e. The third-order valence-corrected chi connectivity index (χ3v) is 3.23. The van der Waals surface area contributed by atoms with Crippen molar-refractivity contribution in [3.63, 3.8) is 0 Å². The number of nitrogens with zero attached hydrogens (tertiary/aromatic N) is 1. The van der Waals surface area contributed by atoms with E-state index in [1.807, 2.05) is 13.8 Å². The highest BCUT2D eigenvalue weighted by atomic mass is 35.5. The van der Waals surface area contributed by atoms with Gasteiger partial charge in [-0.25, -0.2) is 0 Å². The van der Waals surface area contributed by atoms with Gasteiger partial charge in [0.15, 0.2) is 6.61 Å². The van der Waals surface area contributed by atoms with Crippen molar-refractivity contribution >= 4 is 23.5 Å². The Morgan fingerprint density at radius 3 is 2.52 bits per heavy atom. The van der Waals surface area contributed by atoms with E-state index in [0.29, 0.717) is 17.3 Å². The average molecular weight is 314 g/mol. The molecular formula is C15H20ClNO4. The summed E-state index contributed by atoms with van der Waals surface area (Å²) in [7, 11) is 1.32. The van der Waals surface area contributed by atoms with E-state index < -0.39 is 0 Å². The minimum atomic E-state index is -0.347. The zero-order valence-corrected chi connectivity index (χ0v) is 13.2. The molecule has 0 aromatic heterocycles. The smallest absolute Gasteiger partial charge is 0.307 e. The standard InChI is InChI=1S/C15H20ClNO4/c1-11(2)17(9-8-15(19)20-3)14(18)10-21-13-7-5-4-6-12(13)16/h4-7,11H,8-10H2,1-3H3. The number of benzene rings is 1. The summed E-state index contributed by atoms with van der Waals surface area (Å²) in [5.41, 5.74) is 0. The highest BCUT2D eigenvalue weighted by Gasteiger charge is 2.19. The van der Waals surface area contributed by atoms with Gasteiger partial charge >= 0.3 is 5.97 Å². The van der Waals surface area contributed by atoms with Crippen LogP contribution in [0.2, 0.25) is 5.02 Å². The lowest BCUT2D eigenvalue weighted by atomic mass is 10.2. The molecule has 21 heavy (non-hydrogen) atoms. The lowest BCUT2D eigenvalue weighted by Gasteiger charge is -2.26. The number of halogens is 1. The fraction of sp³-hybridized carbons (Fsp3) is 0.467. The van der Waals surface area contributed by atoms with Crippen LogP contribution in [0.15, 0.2) is 24.3 Å². The fourth-order valence-electron chi connectivity index (χ4n) is 1.77. The number of rotatable bonds is 7. The van der Waals surface area contributed by atoms with Gasteiger partial charge in [-0.15, -0.1) is 0 Å². The van der Waals surface area contributed by atoms with Gasteiger partial charge in [0.1, 0.15) is 5.75 Å². The first-order valence-corrected chi connectivity index (χ1v) is 7.07. The van der Waals surface area contributed by atoms with Crippen LogP contribution in [-0.4, -0.2) is 43.1 Å². The molecule has 0 aliphatic carbocycles. The van der Waals surface area contributed by atoms with Crippen LogP contribution in [0.5, 0.6) is 5.75 Å². The van der Waals surface area contributed by atoms with E-state index in [1.54, 1.807) is 29.2 Å². The van der Waals surface area contributed by atoms with E-state index >= 15 is 0 Å². The number of para-hydroxylation sites is 1. The predicted molar refractivity (Wildman–Crippen MR) is 80.4 cm³/mol. The number of ether oxygens (including phenoxy) is 2. The topological polar surface area (TPSA) is 55.8 Å². The molecule has 5 nitrogen and oxygen atoms in total. The van der Waals surface area contributed by atoms with Crippen LogP contribution in [0.4, 0.5) is 0 Å².